The molecular formula is C18H20F3N3O2S. The van der Waals surface area contributed by atoms with E-state index in [-0.39, 0.29) is 5.01 Å². The molecule has 9 heteroatoms. The first-order chi connectivity index (χ1) is 12.9. The number of aromatic nitrogens is 1. The van der Waals surface area contributed by atoms with E-state index in [0.29, 0.717) is 31.7 Å². The topological polar surface area (TPSA) is 54.5 Å². The molecule has 1 aromatic carbocycles. The van der Waals surface area contributed by atoms with E-state index in [1.807, 2.05) is 0 Å². The number of ether oxygens (including phenoxy) is 1. The normalized spacial score (nSPS) is 15.7. The molecule has 1 aliphatic heterocycles. The van der Waals surface area contributed by atoms with Gasteiger partial charge in [-0.05, 0) is 13.0 Å². The first-order valence-corrected chi connectivity index (χ1v) is 9.48. The zero-order valence-corrected chi connectivity index (χ0v) is 15.4. The summed E-state index contributed by atoms with van der Waals surface area (Å²) in [5, 5.41) is 2.77. The highest BCUT2D eigenvalue weighted by Crippen LogP contribution is 2.37. The summed E-state index contributed by atoms with van der Waals surface area (Å²) >= 11 is 0.764. The number of amides is 1. The number of thiazole rings is 1. The molecule has 0 spiro atoms. The molecule has 1 N–H and O–H groups in total. The molecular weight excluding hydrogens is 379 g/mol. The van der Waals surface area contributed by atoms with Gasteiger partial charge in [-0.2, -0.15) is 13.2 Å². The number of hydrogen-bond donors (Lipinski definition) is 1. The van der Waals surface area contributed by atoms with Crippen LogP contribution < -0.4 is 5.32 Å². The van der Waals surface area contributed by atoms with Crippen molar-refractivity contribution < 1.29 is 22.7 Å². The molecule has 1 aromatic heterocycles. The van der Waals surface area contributed by atoms with Crippen LogP contribution in [0.15, 0.2) is 30.3 Å². The molecule has 2 aromatic rings. The Labute approximate surface area is 159 Å². The van der Waals surface area contributed by atoms with Gasteiger partial charge in [0.15, 0.2) is 5.69 Å². The highest BCUT2D eigenvalue weighted by atomic mass is 32.1. The summed E-state index contributed by atoms with van der Waals surface area (Å²) < 4.78 is 45.2. The number of nitrogens with zero attached hydrogens (tertiary/aromatic N) is 2. The van der Waals surface area contributed by atoms with Crippen LogP contribution in [0.3, 0.4) is 0 Å². The smallest absolute Gasteiger partial charge is 0.379 e. The largest absolute Gasteiger partial charge is 0.435 e. The van der Waals surface area contributed by atoms with Gasteiger partial charge in [0.25, 0.3) is 5.91 Å². The van der Waals surface area contributed by atoms with Crippen LogP contribution in [0.2, 0.25) is 0 Å². The number of carbonyl (C=O) groups excluding carboxylic acids is 1. The fourth-order valence-electron chi connectivity index (χ4n) is 2.78. The van der Waals surface area contributed by atoms with E-state index in [1.54, 1.807) is 30.3 Å². The Morgan fingerprint density at radius 1 is 1.22 bits per heavy atom. The summed E-state index contributed by atoms with van der Waals surface area (Å²) in [6, 6.07) is 8.54. The summed E-state index contributed by atoms with van der Waals surface area (Å²) in [5.41, 5.74) is -0.573. The van der Waals surface area contributed by atoms with Gasteiger partial charge >= 0.3 is 6.18 Å². The van der Waals surface area contributed by atoms with Crippen LogP contribution in [0.5, 0.6) is 0 Å². The highest BCUT2D eigenvalue weighted by molar-refractivity contribution is 7.17. The van der Waals surface area contributed by atoms with E-state index >= 15 is 0 Å². The lowest BCUT2D eigenvalue weighted by Gasteiger charge is -2.26. The molecule has 0 radical (unpaired) electrons. The molecule has 5 nitrogen and oxygen atoms in total. The third kappa shape index (κ3) is 5.27. The van der Waals surface area contributed by atoms with Crippen LogP contribution in [-0.4, -0.2) is 55.2 Å². The Balaban J connectivity index is 1.65. The zero-order valence-electron chi connectivity index (χ0n) is 14.6. The Kier molecular flexibility index (Phi) is 6.46. The molecule has 0 bridgehead atoms. The van der Waals surface area contributed by atoms with Crippen molar-refractivity contribution in [2.45, 2.75) is 12.6 Å². The van der Waals surface area contributed by atoms with Crippen LogP contribution in [0.1, 0.15) is 21.8 Å². The number of halogens is 3. The van der Waals surface area contributed by atoms with Crippen molar-refractivity contribution in [1.82, 2.24) is 15.2 Å². The standard InChI is InChI=1S/C18H20F3N3O2S/c19-18(20,21)15-14(27-17(23-15)13-5-2-1-3-6-13)16(25)22-7-4-8-24-9-11-26-12-10-24/h1-3,5-6H,4,7-12H2,(H,22,25). The SMILES string of the molecule is O=C(NCCCN1CCOCC1)c1sc(-c2ccccc2)nc1C(F)(F)F. The van der Waals surface area contributed by atoms with Crippen molar-refractivity contribution in [2.24, 2.45) is 0 Å². The third-order valence-electron chi connectivity index (χ3n) is 4.16. The number of rotatable bonds is 6. The first kappa shape index (κ1) is 19.8. The number of alkyl halides is 3. The minimum Gasteiger partial charge on any atom is -0.379 e. The van der Waals surface area contributed by atoms with Crippen molar-refractivity contribution in [2.75, 3.05) is 39.4 Å². The number of morpholine rings is 1. The maximum atomic E-state index is 13.3. The summed E-state index contributed by atoms with van der Waals surface area (Å²) in [7, 11) is 0. The third-order valence-corrected chi connectivity index (χ3v) is 5.27. The minimum atomic E-state index is -4.68. The van der Waals surface area contributed by atoms with Gasteiger partial charge in [0.1, 0.15) is 9.88 Å². The predicted molar refractivity (Wildman–Crippen MR) is 96.8 cm³/mol. The molecule has 0 atom stereocenters. The molecule has 0 aliphatic carbocycles. The van der Waals surface area contributed by atoms with Crippen molar-refractivity contribution in [3.63, 3.8) is 0 Å². The van der Waals surface area contributed by atoms with E-state index in [4.69, 9.17) is 4.74 Å². The quantitative estimate of drug-likeness (QED) is 0.758. The second kappa shape index (κ2) is 8.81. The van der Waals surface area contributed by atoms with Crippen molar-refractivity contribution in [3.05, 3.63) is 40.9 Å². The molecule has 1 aliphatic rings. The van der Waals surface area contributed by atoms with E-state index in [9.17, 15) is 18.0 Å². The van der Waals surface area contributed by atoms with Crippen LogP contribution in [-0.2, 0) is 10.9 Å². The molecule has 27 heavy (non-hydrogen) atoms. The van der Waals surface area contributed by atoms with Crippen LogP contribution in [0.4, 0.5) is 13.2 Å². The average Bonchev–Trinajstić information content (AvgIpc) is 3.13. The maximum Gasteiger partial charge on any atom is 0.435 e. The summed E-state index contributed by atoms with van der Waals surface area (Å²) in [5.74, 6) is -0.732. The summed E-state index contributed by atoms with van der Waals surface area (Å²) in [6.07, 6.45) is -4.01. The fourth-order valence-corrected chi connectivity index (χ4v) is 3.79. The lowest BCUT2D eigenvalue weighted by atomic mass is 10.2. The van der Waals surface area contributed by atoms with Gasteiger partial charge in [0, 0.05) is 25.2 Å². The molecule has 1 amide bonds. The Hall–Kier alpha value is -1.97. The van der Waals surface area contributed by atoms with Crippen molar-refractivity contribution in [3.8, 4) is 10.6 Å². The van der Waals surface area contributed by atoms with Gasteiger partial charge < -0.3 is 10.1 Å². The molecule has 0 saturated carbocycles. The van der Waals surface area contributed by atoms with E-state index in [2.05, 4.69) is 15.2 Å². The van der Waals surface area contributed by atoms with Gasteiger partial charge in [-0.3, -0.25) is 9.69 Å². The van der Waals surface area contributed by atoms with Crippen LogP contribution in [0, 0.1) is 0 Å². The van der Waals surface area contributed by atoms with Crippen molar-refractivity contribution in [1.29, 1.82) is 0 Å². The Bertz CT molecular complexity index is 759. The summed E-state index contributed by atoms with van der Waals surface area (Å²) in [4.78, 5) is 17.8. The fraction of sp³-hybridized carbons (Fsp3) is 0.444. The number of carbonyl (C=O) groups is 1. The molecule has 146 valence electrons. The molecule has 0 unspecified atom stereocenters. The highest BCUT2D eigenvalue weighted by Gasteiger charge is 2.39. The Morgan fingerprint density at radius 2 is 1.93 bits per heavy atom. The average molecular weight is 399 g/mol. The monoisotopic (exact) mass is 399 g/mol. The van der Waals surface area contributed by atoms with Gasteiger partial charge in [-0.25, -0.2) is 4.98 Å². The molecule has 1 saturated heterocycles. The van der Waals surface area contributed by atoms with E-state index in [1.165, 1.54) is 0 Å². The van der Waals surface area contributed by atoms with Gasteiger partial charge in [-0.15, -0.1) is 11.3 Å². The number of nitrogens with one attached hydrogen (secondary N) is 1. The predicted octanol–water partition coefficient (Wildman–Crippen LogP) is 3.28. The lowest BCUT2D eigenvalue weighted by molar-refractivity contribution is -0.141. The summed E-state index contributed by atoms with van der Waals surface area (Å²) in [6.45, 7) is 4.12. The number of benzene rings is 1. The first-order valence-electron chi connectivity index (χ1n) is 8.67. The zero-order chi connectivity index (χ0) is 19.3. The van der Waals surface area contributed by atoms with Crippen LogP contribution >= 0.6 is 11.3 Å². The molecule has 2 heterocycles. The van der Waals surface area contributed by atoms with Crippen molar-refractivity contribution >= 4 is 17.2 Å². The number of hydrogen-bond acceptors (Lipinski definition) is 5. The van der Waals surface area contributed by atoms with E-state index in [0.717, 1.165) is 31.0 Å². The second-order valence-electron chi connectivity index (χ2n) is 6.12. The Morgan fingerprint density at radius 3 is 2.59 bits per heavy atom. The van der Waals surface area contributed by atoms with Gasteiger partial charge in [-0.1, -0.05) is 30.3 Å². The van der Waals surface area contributed by atoms with E-state index < -0.39 is 22.7 Å². The second-order valence-corrected chi connectivity index (χ2v) is 7.12. The molecule has 1 fully saturated rings. The lowest BCUT2D eigenvalue weighted by Crippen LogP contribution is -2.38. The minimum absolute atomic E-state index is 0.182. The van der Waals surface area contributed by atoms with Gasteiger partial charge in [0.2, 0.25) is 0 Å². The maximum absolute atomic E-state index is 13.3. The van der Waals surface area contributed by atoms with Crippen LogP contribution in [0.25, 0.3) is 10.6 Å². The van der Waals surface area contributed by atoms with Gasteiger partial charge in [0.05, 0.1) is 13.2 Å². The molecule has 3 rings (SSSR count).